The fourth-order valence-corrected chi connectivity index (χ4v) is 2.83. The second-order valence-electron chi connectivity index (χ2n) is 3.35. The maximum atomic E-state index is 11.0. The monoisotopic (exact) mass is 227 g/mol. The SMILES string of the molecule is CC(=O)N(CCCl)C[Si](C)(C)Cl. The van der Waals surface area contributed by atoms with E-state index in [2.05, 4.69) is 0 Å². The molecule has 5 heteroatoms. The number of halogens is 2. The number of amides is 1. The number of rotatable bonds is 4. The lowest BCUT2D eigenvalue weighted by Crippen LogP contribution is -2.42. The Morgan fingerprint density at radius 2 is 2.00 bits per heavy atom. The molecule has 12 heavy (non-hydrogen) atoms. The zero-order chi connectivity index (χ0) is 9.78. The van der Waals surface area contributed by atoms with Crippen molar-refractivity contribution in [3.63, 3.8) is 0 Å². The second kappa shape index (κ2) is 5.10. The maximum absolute atomic E-state index is 11.0. The van der Waals surface area contributed by atoms with E-state index >= 15 is 0 Å². The minimum absolute atomic E-state index is 0.0527. The van der Waals surface area contributed by atoms with Gasteiger partial charge in [0, 0.05) is 25.5 Å². The van der Waals surface area contributed by atoms with Crippen molar-refractivity contribution in [1.82, 2.24) is 4.90 Å². The molecule has 0 aliphatic heterocycles. The number of nitrogens with zero attached hydrogens (tertiary/aromatic N) is 1. The first kappa shape index (κ1) is 12.3. The number of carbonyl (C=O) groups is 1. The molecule has 0 unspecified atom stereocenters. The van der Waals surface area contributed by atoms with Crippen LogP contribution < -0.4 is 0 Å². The molecule has 0 bridgehead atoms. The lowest BCUT2D eigenvalue weighted by atomic mass is 10.5. The Labute approximate surface area is 84.5 Å². The van der Waals surface area contributed by atoms with Gasteiger partial charge in [-0.15, -0.1) is 11.6 Å². The topological polar surface area (TPSA) is 20.3 Å². The number of alkyl halides is 1. The molecular formula is C7H15Cl2NOSi. The summed E-state index contributed by atoms with van der Waals surface area (Å²) >= 11 is 11.7. The minimum Gasteiger partial charge on any atom is -0.343 e. The molecule has 0 heterocycles. The largest absolute Gasteiger partial charge is 0.343 e. The third-order valence-corrected chi connectivity index (χ3v) is 3.03. The molecule has 0 N–H and O–H groups in total. The van der Waals surface area contributed by atoms with Crippen LogP contribution in [0.2, 0.25) is 13.1 Å². The molecule has 0 atom stereocenters. The average molecular weight is 228 g/mol. The zero-order valence-electron chi connectivity index (χ0n) is 7.73. The van der Waals surface area contributed by atoms with Crippen LogP contribution in [0.1, 0.15) is 6.92 Å². The molecular weight excluding hydrogens is 213 g/mol. The van der Waals surface area contributed by atoms with Gasteiger partial charge in [-0.1, -0.05) is 13.1 Å². The number of hydrogen-bond acceptors (Lipinski definition) is 1. The summed E-state index contributed by atoms with van der Waals surface area (Å²) in [6.07, 6.45) is 0.677. The van der Waals surface area contributed by atoms with E-state index in [1.807, 2.05) is 13.1 Å². The Balaban J connectivity index is 4.05. The van der Waals surface area contributed by atoms with Gasteiger partial charge in [-0.25, -0.2) is 0 Å². The van der Waals surface area contributed by atoms with Crippen LogP contribution in [0.15, 0.2) is 0 Å². The first-order chi connectivity index (χ1) is 5.37. The summed E-state index contributed by atoms with van der Waals surface area (Å²) in [5.74, 6) is 0.526. The Kier molecular flexibility index (Phi) is 5.21. The molecule has 0 rings (SSSR count). The van der Waals surface area contributed by atoms with Gasteiger partial charge in [0.2, 0.25) is 5.91 Å². The standard InChI is InChI=1S/C7H15Cl2NOSi/c1-7(11)10(5-4-8)6-12(2,3)9/h4-6H2,1-3H3. The summed E-state index contributed by atoms with van der Waals surface area (Å²) < 4.78 is 0. The first-order valence-electron chi connectivity index (χ1n) is 3.87. The van der Waals surface area contributed by atoms with Crippen molar-refractivity contribution >= 4 is 36.0 Å². The van der Waals surface area contributed by atoms with Crippen molar-refractivity contribution < 1.29 is 4.79 Å². The molecule has 0 saturated carbocycles. The summed E-state index contributed by atoms with van der Waals surface area (Å²) in [6.45, 7) is 6.17. The van der Waals surface area contributed by atoms with Crippen LogP contribution in [0, 0.1) is 0 Å². The van der Waals surface area contributed by atoms with Crippen LogP contribution in [0.5, 0.6) is 0 Å². The van der Waals surface area contributed by atoms with E-state index in [4.69, 9.17) is 22.7 Å². The zero-order valence-corrected chi connectivity index (χ0v) is 10.2. The molecule has 0 fully saturated rings. The highest BCUT2D eigenvalue weighted by Crippen LogP contribution is 2.09. The quantitative estimate of drug-likeness (QED) is 0.409. The molecule has 0 spiro atoms. The minimum atomic E-state index is -1.70. The molecule has 1 amide bonds. The van der Waals surface area contributed by atoms with Crippen LogP contribution in [-0.2, 0) is 4.79 Å². The summed E-state index contributed by atoms with van der Waals surface area (Å²) in [7, 11) is -1.70. The second-order valence-corrected chi connectivity index (χ2v) is 10.5. The van der Waals surface area contributed by atoms with E-state index in [0.29, 0.717) is 18.6 Å². The third kappa shape index (κ3) is 5.86. The van der Waals surface area contributed by atoms with Gasteiger partial charge < -0.3 is 4.90 Å². The van der Waals surface area contributed by atoms with E-state index in [1.54, 1.807) is 11.8 Å². The van der Waals surface area contributed by atoms with Crippen molar-refractivity contribution in [2.24, 2.45) is 0 Å². The highest BCUT2D eigenvalue weighted by molar-refractivity contribution is 7.19. The fraction of sp³-hybridized carbons (Fsp3) is 0.857. The molecule has 0 radical (unpaired) electrons. The van der Waals surface area contributed by atoms with Crippen molar-refractivity contribution in [2.45, 2.75) is 20.0 Å². The normalized spacial score (nSPS) is 11.4. The summed E-state index contributed by atoms with van der Waals surface area (Å²) in [5.41, 5.74) is 0. The molecule has 0 aliphatic carbocycles. The van der Waals surface area contributed by atoms with Gasteiger partial charge in [0.1, 0.15) is 0 Å². The van der Waals surface area contributed by atoms with Crippen LogP contribution in [-0.4, -0.2) is 36.8 Å². The van der Waals surface area contributed by atoms with Gasteiger partial charge in [0.05, 0.1) is 0 Å². The van der Waals surface area contributed by atoms with Crippen molar-refractivity contribution in [3.8, 4) is 0 Å². The lowest BCUT2D eigenvalue weighted by Gasteiger charge is -2.25. The number of hydrogen-bond donors (Lipinski definition) is 0. The first-order valence-corrected chi connectivity index (χ1v) is 8.62. The predicted molar refractivity (Wildman–Crippen MR) is 56.3 cm³/mol. The highest BCUT2D eigenvalue weighted by Gasteiger charge is 2.22. The van der Waals surface area contributed by atoms with Gasteiger partial charge in [-0.3, -0.25) is 4.79 Å². The lowest BCUT2D eigenvalue weighted by molar-refractivity contribution is -0.127. The van der Waals surface area contributed by atoms with Crippen LogP contribution in [0.3, 0.4) is 0 Å². The van der Waals surface area contributed by atoms with Crippen molar-refractivity contribution in [2.75, 3.05) is 18.6 Å². The van der Waals surface area contributed by atoms with E-state index in [1.165, 1.54) is 0 Å². The van der Waals surface area contributed by atoms with E-state index in [0.717, 1.165) is 0 Å². The van der Waals surface area contributed by atoms with Gasteiger partial charge in [0.15, 0.2) is 7.38 Å². The molecule has 0 aromatic rings. The molecule has 72 valence electrons. The average Bonchev–Trinajstić information content (AvgIpc) is 1.83. The number of carbonyl (C=O) groups excluding carboxylic acids is 1. The van der Waals surface area contributed by atoms with Gasteiger partial charge in [-0.2, -0.15) is 11.1 Å². The highest BCUT2D eigenvalue weighted by atomic mass is 35.6. The van der Waals surface area contributed by atoms with Gasteiger partial charge in [-0.05, 0) is 0 Å². The molecule has 0 aromatic heterocycles. The molecule has 2 nitrogen and oxygen atoms in total. The van der Waals surface area contributed by atoms with E-state index < -0.39 is 7.38 Å². The maximum Gasteiger partial charge on any atom is 0.219 e. The Bertz CT molecular complexity index is 158. The Morgan fingerprint density at radius 1 is 1.50 bits per heavy atom. The third-order valence-electron chi connectivity index (χ3n) is 1.37. The van der Waals surface area contributed by atoms with Crippen molar-refractivity contribution in [1.29, 1.82) is 0 Å². The molecule has 0 aliphatic rings. The van der Waals surface area contributed by atoms with Gasteiger partial charge >= 0.3 is 0 Å². The Morgan fingerprint density at radius 3 is 2.25 bits per heavy atom. The summed E-state index contributed by atoms with van der Waals surface area (Å²) in [6, 6.07) is 0. The van der Waals surface area contributed by atoms with E-state index in [9.17, 15) is 4.79 Å². The van der Waals surface area contributed by atoms with Crippen molar-refractivity contribution in [3.05, 3.63) is 0 Å². The predicted octanol–water partition coefficient (Wildman–Crippen LogP) is 2.06. The smallest absolute Gasteiger partial charge is 0.219 e. The van der Waals surface area contributed by atoms with Crippen LogP contribution in [0.4, 0.5) is 0 Å². The fourth-order valence-electron chi connectivity index (χ4n) is 0.904. The molecule has 0 saturated heterocycles. The summed E-state index contributed by atoms with van der Waals surface area (Å²) in [5, 5.41) is 0. The van der Waals surface area contributed by atoms with Crippen LogP contribution >= 0.6 is 22.7 Å². The summed E-state index contributed by atoms with van der Waals surface area (Å²) in [4.78, 5) is 12.8. The van der Waals surface area contributed by atoms with E-state index in [-0.39, 0.29) is 5.91 Å². The Hall–Kier alpha value is 0.267. The van der Waals surface area contributed by atoms with Crippen LogP contribution in [0.25, 0.3) is 0 Å². The molecule has 0 aromatic carbocycles. The van der Waals surface area contributed by atoms with Gasteiger partial charge in [0.25, 0.3) is 0 Å².